The van der Waals surface area contributed by atoms with Crippen molar-refractivity contribution in [1.29, 1.82) is 0 Å². The lowest BCUT2D eigenvalue weighted by molar-refractivity contribution is -0.143. The molecule has 2 aliphatic rings. The molecular weight excluding hydrogens is 370 g/mol. The molecule has 29 heavy (non-hydrogen) atoms. The predicted octanol–water partition coefficient (Wildman–Crippen LogP) is 3.20. The second-order valence-corrected chi connectivity index (χ2v) is 8.72. The zero-order valence-electron chi connectivity index (χ0n) is 17.2. The molecule has 1 amide bonds. The molecule has 1 aromatic heterocycles. The van der Waals surface area contributed by atoms with E-state index < -0.39 is 11.2 Å². The Balaban J connectivity index is 1.49. The van der Waals surface area contributed by atoms with Gasteiger partial charge in [-0.05, 0) is 57.2 Å². The molecule has 1 aliphatic heterocycles. The van der Waals surface area contributed by atoms with Gasteiger partial charge in [-0.1, -0.05) is 12.8 Å². The molecule has 4 rings (SSSR count). The van der Waals surface area contributed by atoms with Gasteiger partial charge in [0.15, 0.2) is 0 Å². The van der Waals surface area contributed by atoms with Crippen LogP contribution < -0.4 is 5.63 Å². The largest absolute Gasteiger partial charge is 0.508 e. The average Bonchev–Trinajstić information content (AvgIpc) is 2.70. The highest BCUT2D eigenvalue weighted by molar-refractivity contribution is 5.85. The number of aromatic hydroxyl groups is 1. The molecule has 2 heterocycles. The smallest absolute Gasteiger partial charge is 0.339 e. The molecule has 6 nitrogen and oxygen atoms in total. The van der Waals surface area contributed by atoms with E-state index in [1.54, 1.807) is 19.1 Å². The van der Waals surface area contributed by atoms with Crippen LogP contribution in [0.15, 0.2) is 21.3 Å². The zero-order chi connectivity index (χ0) is 20.8. The summed E-state index contributed by atoms with van der Waals surface area (Å²) < 4.78 is 5.47. The number of hydrogen-bond acceptors (Lipinski definition) is 5. The number of piperidine rings is 1. The normalized spacial score (nSPS) is 24.5. The molecule has 0 bridgehead atoms. The van der Waals surface area contributed by atoms with Crippen molar-refractivity contribution in [3.63, 3.8) is 0 Å². The van der Waals surface area contributed by atoms with Gasteiger partial charge in [0.2, 0.25) is 5.91 Å². The van der Waals surface area contributed by atoms with Crippen LogP contribution in [0, 0.1) is 19.8 Å². The SMILES string of the molecule is Cc1c(CCC(=O)N2CC[C@]3(O)CCCC[C@@H]3C2)c(=O)oc2c(C)c(O)ccc12. The van der Waals surface area contributed by atoms with E-state index >= 15 is 0 Å². The van der Waals surface area contributed by atoms with Crippen LogP contribution in [0.2, 0.25) is 0 Å². The number of phenols is 1. The first-order valence-electron chi connectivity index (χ1n) is 10.5. The number of phenolic OH excluding ortho intramolecular Hbond substituents is 1. The fourth-order valence-electron chi connectivity index (χ4n) is 5.06. The molecule has 2 atom stereocenters. The number of rotatable bonds is 3. The molecule has 2 fully saturated rings. The molecule has 2 N–H and O–H groups in total. The quantitative estimate of drug-likeness (QED) is 0.774. The number of carbonyl (C=O) groups excluding carboxylic acids is 1. The molecule has 1 aromatic carbocycles. The fraction of sp³-hybridized carbons (Fsp3) is 0.565. The molecule has 1 saturated heterocycles. The Labute approximate surface area is 170 Å². The first kappa shape index (κ1) is 20.0. The van der Waals surface area contributed by atoms with Crippen molar-refractivity contribution in [3.8, 4) is 5.75 Å². The van der Waals surface area contributed by atoms with Crippen molar-refractivity contribution in [2.75, 3.05) is 13.1 Å². The lowest BCUT2D eigenvalue weighted by atomic mass is 9.71. The monoisotopic (exact) mass is 399 g/mol. The molecule has 0 radical (unpaired) electrons. The van der Waals surface area contributed by atoms with Gasteiger partial charge in [-0.15, -0.1) is 0 Å². The van der Waals surface area contributed by atoms with Crippen LogP contribution >= 0.6 is 0 Å². The van der Waals surface area contributed by atoms with Crippen molar-refractivity contribution in [3.05, 3.63) is 39.2 Å². The van der Waals surface area contributed by atoms with Crippen molar-refractivity contribution in [1.82, 2.24) is 4.90 Å². The van der Waals surface area contributed by atoms with Crippen molar-refractivity contribution in [2.24, 2.45) is 5.92 Å². The van der Waals surface area contributed by atoms with Crippen molar-refractivity contribution < 1.29 is 19.4 Å². The minimum absolute atomic E-state index is 0.0263. The van der Waals surface area contributed by atoms with Gasteiger partial charge >= 0.3 is 5.63 Å². The van der Waals surface area contributed by atoms with E-state index in [4.69, 9.17) is 4.42 Å². The second kappa shape index (κ2) is 7.48. The number of benzene rings is 1. The van der Waals surface area contributed by atoms with Gasteiger partial charge in [-0.25, -0.2) is 4.79 Å². The molecule has 156 valence electrons. The van der Waals surface area contributed by atoms with Crippen LogP contribution in [-0.4, -0.2) is 39.7 Å². The third-order valence-electron chi connectivity index (χ3n) is 7.04. The Morgan fingerprint density at radius 2 is 2.03 bits per heavy atom. The summed E-state index contributed by atoms with van der Waals surface area (Å²) in [7, 11) is 0. The molecule has 1 saturated carbocycles. The predicted molar refractivity (Wildman–Crippen MR) is 110 cm³/mol. The number of hydrogen-bond donors (Lipinski definition) is 2. The zero-order valence-corrected chi connectivity index (χ0v) is 17.2. The Morgan fingerprint density at radius 1 is 1.24 bits per heavy atom. The number of aryl methyl sites for hydroxylation is 2. The maximum Gasteiger partial charge on any atom is 0.339 e. The van der Waals surface area contributed by atoms with Crippen LogP contribution in [0.1, 0.15) is 55.2 Å². The summed E-state index contributed by atoms with van der Waals surface area (Å²) >= 11 is 0. The number of likely N-dealkylation sites (tertiary alicyclic amines) is 1. The summed E-state index contributed by atoms with van der Waals surface area (Å²) in [6.07, 6.45) is 5.21. The van der Waals surface area contributed by atoms with Crippen LogP contribution in [-0.2, 0) is 11.2 Å². The van der Waals surface area contributed by atoms with Gasteiger partial charge in [0.05, 0.1) is 5.60 Å². The van der Waals surface area contributed by atoms with E-state index in [1.165, 1.54) is 0 Å². The third-order valence-corrected chi connectivity index (χ3v) is 7.04. The summed E-state index contributed by atoms with van der Waals surface area (Å²) in [6.45, 7) is 4.76. The molecule has 6 heteroatoms. The Bertz CT molecular complexity index is 1010. The topological polar surface area (TPSA) is 91.0 Å². The first-order chi connectivity index (χ1) is 13.8. The van der Waals surface area contributed by atoms with Crippen LogP contribution in [0.25, 0.3) is 11.0 Å². The van der Waals surface area contributed by atoms with E-state index in [0.717, 1.165) is 36.6 Å². The highest BCUT2D eigenvalue weighted by atomic mass is 16.4. The minimum Gasteiger partial charge on any atom is -0.508 e. The standard InChI is InChI=1S/C23H29NO5/c1-14-17-6-8-19(25)15(2)21(17)29-22(27)18(14)7-9-20(26)24-12-11-23(28)10-4-3-5-16(23)13-24/h6,8,16,25,28H,3-5,7,9-13H2,1-2H3/t16-,23-/m1/s1. The van der Waals surface area contributed by atoms with Crippen LogP contribution in [0.4, 0.5) is 0 Å². The Morgan fingerprint density at radius 3 is 2.83 bits per heavy atom. The fourth-order valence-corrected chi connectivity index (χ4v) is 5.06. The highest BCUT2D eigenvalue weighted by Gasteiger charge is 2.43. The first-order valence-corrected chi connectivity index (χ1v) is 10.5. The number of fused-ring (bicyclic) bond motifs is 2. The van der Waals surface area contributed by atoms with Gasteiger partial charge in [-0.3, -0.25) is 4.79 Å². The van der Waals surface area contributed by atoms with Gasteiger partial charge in [0, 0.05) is 41.9 Å². The van der Waals surface area contributed by atoms with Gasteiger partial charge in [0.1, 0.15) is 11.3 Å². The molecule has 0 spiro atoms. The molecular formula is C23H29NO5. The number of aliphatic hydroxyl groups is 1. The summed E-state index contributed by atoms with van der Waals surface area (Å²) in [6, 6.07) is 3.34. The van der Waals surface area contributed by atoms with Crippen molar-refractivity contribution in [2.45, 2.75) is 64.4 Å². The van der Waals surface area contributed by atoms with Crippen LogP contribution in [0.3, 0.4) is 0 Å². The maximum absolute atomic E-state index is 12.8. The highest BCUT2D eigenvalue weighted by Crippen LogP contribution is 2.40. The maximum atomic E-state index is 12.8. The van der Waals surface area contributed by atoms with E-state index in [9.17, 15) is 19.8 Å². The van der Waals surface area contributed by atoms with Crippen LogP contribution in [0.5, 0.6) is 5.75 Å². The van der Waals surface area contributed by atoms with E-state index in [0.29, 0.717) is 42.6 Å². The summed E-state index contributed by atoms with van der Waals surface area (Å²) in [5.74, 6) is 0.284. The molecule has 0 unspecified atom stereocenters. The Kier molecular flexibility index (Phi) is 5.15. The molecule has 2 aromatic rings. The summed E-state index contributed by atoms with van der Waals surface area (Å²) in [5, 5.41) is 21.4. The van der Waals surface area contributed by atoms with Gasteiger partial charge in [-0.2, -0.15) is 0 Å². The minimum atomic E-state index is -0.603. The lowest BCUT2D eigenvalue weighted by Crippen LogP contribution is -2.54. The third kappa shape index (κ3) is 3.54. The number of amides is 1. The second-order valence-electron chi connectivity index (χ2n) is 8.72. The number of carbonyl (C=O) groups is 1. The van der Waals surface area contributed by atoms with Crippen molar-refractivity contribution >= 4 is 16.9 Å². The Hall–Kier alpha value is -2.34. The van der Waals surface area contributed by atoms with E-state index in [2.05, 4.69) is 0 Å². The van der Waals surface area contributed by atoms with Gasteiger partial charge < -0.3 is 19.5 Å². The average molecular weight is 399 g/mol. The van der Waals surface area contributed by atoms with E-state index in [1.807, 2.05) is 11.8 Å². The summed E-state index contributed by atoms with van der Waals surface area (Å²) in [4.78, 5) is 27.2. The lowest BCUT2D eigenvalue weighted by Gasteiger charge is -2.47. The molecule has 1 aliphatic carbocycles. The summed E-state index contributed by atoms with van der Waals surface area (Å²) in [5.41, 5.74) is 1.20. The number of nitrogens with zero attached hydrogens (tertiary/aromatic N) is 1. The van der Waals surface area contributed by atoms with E-state index in [-0.39, 0.29) is 24.0 Å². The van der Waals surface area contributed by atoms with Gasteiger partial charge in [0.25, 0.3) is 0 Å².